The molecule has 0 saturated carbocycles. The Labute approximate surface area is 108 Å². The number of methoxy groups -OCH3 is 1. The van der Waals surface area contributed by atoms with Gasteiger partial charge in [0, 0.05) is 25.7 Å². The first-order valence-corrected chi connectivity index (χ1v) is 6.45. The van der Waals surface area contributed by atoms with E-state index in [1.54, 1.807) is 7.11 Å². The number of β-amino-alcohol motifs (C(OH)–C–C–N with tert-alkyl or cyclic N) is 1. The minimum atomic E-state index is 0.192. The van der Waals surface area contributed by atoms with Crippen molar-refractivity contribution in [2.24, 2.45) is 5.73 Å². The molecule has 4 nitrogen and oxygen atoms in total. The van der Waals surface area contributed by atoms with E-state index in [0.29, 0.717) is 12.5 Å². The summed E-state index contributed by atoms with van der Waals surface area (Å²) in [6, 6.07) is 8.40. The van der Waals surface area contributed by atoms with E-state index < -0.39 is 0 Å². The molecule has 18 heavy (non-hydrogen) atoms. The largest absolute Gasteiger partial charge is 0.497 e. The number of likely N-dealkylation sites (tertiary alicyclic amines) is 1. The zero-order chi connectivity index (χ0) is 13.0. The molecule has 1 aliphatic rings. The van der Waals surface area contributed by atoms with E-state index in [1.807, 2.05) is 12.1 Å². The predicted molar refractivity (Wildman–Crippen MR) is 71.9 cm³/mol. The molecule has 1 heterocycles. The van der Waals surface area contributed by atoms with E-state index >= 15 is 0 Å². The molecule has 0 bridgehead atoms. The lowest BCUT2D eigenvalue weighted by Crippen LogP contribution is -2.47. The van der Waals surface area contributed by atoms with Gasteiger partial charge in [-0.15, -0.1) is 0 Å². The van der Waals surface area contributed by atoms with Crippen LogP contribution in [-0.2, 0) is 0 Å². The number of benzene rings is 1. The summed E-state index contributed by atoms with van der Waals surface area (Å²) in [5.74, 6) is 1.33. The van der Waals surface area contributed by atoms with E-state index in [0.717, 1.165) is 25.3 Å². The number of aliphatic hydroxyl groups excluding tert-OH is 1. The molecule has 0 amide bonds. The summed E-state index contributed by atoms with van der Waals surface area (Å²) in [5.41, 5.74) is 7.39. The van der Waals surface area contributed by atoms with Crippen LogP contribution >= 0.6 is 0 Å². The average molecular weight is 250 g/mol. The molecule has 4 heteroatoms. The number of rotatable bonds is 4. The number of ether oxygens (including phenoxy) is 1. The second kappa shape index (κ2) is 6.18. The van der Waals surface area contributed by atoms with Crippen LogP contribution in [0.4, 0.5) is 0 Å². The van der Waals surface area contributed by atoms with E-state index in [1.165, 1.54) is 5.56 Å². The minimum absolute atomic E-state index is 0.192. The monoisotopic (exact) mass is 250 g/mol. The smallest absolute Gasteiger partial charge is 0.118 e. The number of piperidine rings is 1. The summed E-state index contributed by atoms with van der Waals surface area (Å²) < 4.78 is 5.17. The van der Waals surface area contributed by atoms with Crippen LogP contribution in [0, 0.1) is 0 Å². The summed E-state index contributed by atoms with van der Waals surface area (Å²) in [6.45, 7) is 2.76. The molecule has 2 rings (SSSR count). The molecule has 100 valence electrons. The normalized spacial score (nSPS) is 25.1. The van der Waals surface area contributed by atoms with Crippen LogP contribution in [0.25, 0.3) is 0 Å². The molecule has 1 saturated heterocycles. The molecular formula is C14H22N2O2. The quantitative estimate of drug-likeness (QED) is 0.830. The summed E-state index contributed by atoms with van der Waals surface area (Å²) >= 11 is 0. The Hall–Kier alpha value is -1.10. The van der Waals surface area contributed by atoms with Crippen molar-refractivity contribution < 1.29 is 9.84 Å². The topological polar surface area (TPSA) is 58.7 Å². The SMILES string of the molecule is COc1ccc(C2CC(N)CN(CCO)C2)cc1. The van der Waals surface area contributed by atoms with Crippen molar-refractivity contribution in [3.63, 3.8) is 0 Å². The third-order valence-electron chi connectivity index (χ3n) is 3.56. The van der Waals surface area contributed by atoms with Crippen molar-refractivity contribution in [1.82, 2.24) is 4.90 Å². The number of hydrogen-bond acceptors (Lipinski definition) is 4. The maximum absolute atomic E-state index is 9.03. The summed E-state index contributed by atoms with van der Waals surface area (Å²) in [7, 11) is 1.68. The molecule has 1 aromatic rings. The van der Waals surface area contributed by atoms with Crippen molar-refractivity contribution in [3.05, 3.63) is 29.8 Å². The zero-order valence-corrected chi connectivity index (χ0v) is 10.9. The lowest BCUT2D eigenvalue weighted by atomic mass is 9.88. The van der Waals surface area contributed by atoms with Gasteiger partial charge < -0.3 is 15.6 Å². The maximum atomic E-state index is 9.03. The Morgan fingerprint density at radius 3 is 2.67 bits per heavy atom. The van der Waals surface area contributed by atoms with Gasteiger partial charge in [0.05, 0.1) is 13.7 Å². The highest BCUT2D eigenvalue weighted by atomic mass is 16.5. The molecular weight excluding hydrogens is 228 g/mol. The van der Waals surface area contributed by atoms with Gasteiger partial charge >= 0.3 is 0 Å². The highest BCUT2D eigenvalue weighted by Crippen LogP contribution is 2.27. The van der Waals surface area contributed by atoms with Gasteiger partial charge in [0.2, 0.25) is 0 Å². The summed E-state index contributed by atoms with van der Waals surface area (Å²) in [6.07, 6.45) is 1.01. The minimum Gasteiger partial charge on any atom is -0.497 e. The number of hydrogen-bond donors (Lipinski definition) is 2. The maximum Gasteiger partial charge on any atom is 0.118 e. The first-order chi connectivity index (χ1) is 8.72. The molecule has 1 aliphatic heterocycles. The second-order valence-electron chi connectivity index (χ2n) is 4.95. The second-order valence-corrected chi connectivity index (χ2v) is 4.95. The van der Waals surface area contributed by atoms with Gasteiger partial charge in [0.25, 0.3) is 0 Å². The van der Waals surface area contributed by atoms with Gasteiger partial charge in [-0.25, -0.2) is 0 Å². The summed E-state index contributed by atoms with van der Waals surface area (Å²) in [4.78, 5) is 2.24. The van der Waals surface area contributed by atoms with E-state index in [9.17, 15) is 0 Å². The van der Waals surface area contributed by atoms with Gasteiger partial charge in [0.1, 0.15) is 5.75 Å². The van der Waals surface area contributed by atoms with E-state index in [-0.39, 0.29) is 12.6 Å². The van der Waals surface area contributed by atoms with E-state index in [4.69, 9.17) is 15.6 Å². The fraction of sp³-hybridized carbons (Fsp3) is 0.571. The molecule has 0 radical (unpaired) electrons. The third-order valence-corrected chi connectivity index (χ3v) is 3.56. The first-order valence-electron chi connectivity index (χ1n) is 6.45. The van der Waals surface area contributed by atoms with Crippen LogP contribution in [0.3, 0.4) is 0 Å². The Morgan fingerprint density at radius 2 is 2.06 bits per heavy atom. The lowest BCUT2D eigenvalue weighted by Gasteiger charge is -2.36. The van der Waals surface area contributed by atoms with Crippen LogP contribution in [0.2, 0.25) is 0 Å². The molecule has 1 aromatic carbocycles. The Balaban J connectivity index is 2.06. The molecule has 0 aliphatic carbocycles. The van der Waals surface area contributed by atoms with Gasteiger partial charge in [0.15, 0.2) is 0 Å². The van der Waals surface area contributed by atoms with Crippen LogP contribution in [-0.4, -0.2) is 49.4 Å². The Morgan fingerprint density at radius 1 is 1.33 bits per heavy atom. The number of aliphatic hydroxyl groups is 1. The van der Waals surface area contributed by atoms with Crippen LogP contribution in [0.15, 0.2) is 24.3 Å². The summed E-state index contributed by atoms with van der Waals surface area (Å²) in [5, 5.41) is 9.03. The van der Waals surface area contributed by atoms with Gasteiger partial charge in [-0.1, -0.05) is 12.1 Å². The molecule has 2 atom stereocenters. The predicted octanol–water partition coefficient (Wildman–Crippen LogP) is 0.804. The van der Waals surface area contributed by atoms with Crippen LogP contribution < -0.4 is 10.5 Å². The van der Waals surface area contributed by atoms with Crippen LogP contribution in [0.5, 0.6) is 5.75 Å². The first kappa shape index (κ1) is 13.3. The Bertz CT molecular complexity index is 367. The fourth-order valence-corrected chi connectivity index (χ4v) is 2.67. The van der Waals surface area contributed by atoms with Gasteiger partial charge in [-0.2, -0.15) is 0 Å². The van der Waals surface area contributed by atoms with Gasteiger partial charge in [-0.05, 0) is 30.0 Å². The average Bonchev–Trinajstić information content (AvgIpc) is 2.38. The molecule has 0 spiro atoms. The van der Waals surface area contributed by atoms with E-state index in [2.05, 4.69) is 17.0 Å². The molecule has 1 fully saturated rings. The third kappa shape index (κ3) is 3.22. The molecule has 3 N–H and O–H groups in total. The highest BCUT2D eigenvalue weighted by molar-refractivity contribution is 5.30. The fourth-order valence-electron chi connectivity index (χ4n) is 2.67. The van der Waals surface area contributed by atoms with Gasteiger partial charge in [-0.3, -0.25) is 4.90 Å². The lowest BCUT2D eigenvalue weighted by molar-refractivity contribution is 0.149. The van der Waals surface area contributed by atoms with Crippen molar-refractivity contribution in [1.29, 1.82) is 0 Å². The van der Waals surface area contributed by atoms with Crippen molar-refractivity contribution in [2.75, 3.05) is 33.4 Å². The highest BCUT2D eigenvalue weighted by Gasteiger charge is 2.25. The standard InChI is InChI=1S/C14H22N2O2/c1-18-14-4-2-11(3-5-14)12-8-13(15)10-16(9-12)6-7-17/h2-5,12-13,17H,6-10,15H2,1H3. The molecule has 2 unspecified atom stereocenters. The van der Waals surface area contributed by atoms with Crippen molar-refractivity contribution in [2.45, 2.75) is 18.4 Å². The van der Waals surface area contributed by atoms with Crippen LogP contribution in [0.1, 0.15) is 17.9 Å². The van der Waals surface area contributed by atoms with Crippen molar-refractivity contribution >= 4 is 0 Å². The number of nitrogens with zero attached hydrogens (tertiary/aromatic N) is 1. The number of nitrogens with two attached hydrogens (primary N) is 1. The van der Waals surface area contributed by atoms with Crippen molar-refractivity contribution in [3.8, 4) is 5.75 Å². The Kier molecular flexibility index (Phi) is 4.58. The zero-order valence-electron chi connectivity index (χ0n) is 10.9. The molecule has 0 aromatic heterocycles.